The smallest absolute Gasteiger partial charge is 0.248 e. The normalized spacial score (nSPS) is 21.6. The number of Topliss-reactive ketones (excluding diaryl/α,β-unsaturated/α-hetero) is 1. The summed E-state index contributed by atoms with van der Waals surface area (Å²) in [5.74, 6) is 0.371. The average Bonchev–Trinajstić information content (AvgIpc) is 3.78. The summed E-state index contributed by atoms with van der Waals surface area (Å²) in [7, 11) is 4.04. The molecule has 4 atom stereocenters. The van der Waals surface area contributed by atoms with Gasteiger partial charge in [0.05, 0.1) is 11.1 Å². The van der Waals surface area contributed by atoms with E-state index < -0.39 is 11.9 Å². The highest BCUT2D eigenvalue weighted by atomic mass is 79.9. The third-order valence-electron chi connectivity index (χ3n) is 9.79. The first-order valence-corrected chi connectivity index (χ1v) is 16.2. The fraction of sp³-hybridized carbons (Fsp3) is 0.412. The number of nitrogens with zero attached hydrogens (tertiary/aromatic N) is 7. The van der Waals surface area contributed by atoms with Gasteiger partial charge < -0.3 is 15.5 Å². The zero-order chi connectivity index (χ0) is 33.8. The molecule has 2 N–H and O–H groups in total. The Morgan fingerprint density at radius 2 is 1.87 bits per heavy atom. The molecule has 2 aliphatic carbocycles. The van der Waals surface area contributed by atoms with E-state index in [0.717, 1.165) is 18.5 Å². The van der Waals surface area contributed by atoms with Crippen molar-refractivity contribution in [2.24, 2.45) is 16.7 Å². The maximum absolute atomic E-state index is 13.9. The average molecular weight is 699 g/mol. The number of nitriles is 1. The van der Waals surface area contributed by atoms with Crippen LogP contribution in [0.25, 0.3) is 22.0 Å². The number of amides is 2. The third-order valence-corrected chi connectivity index (χ3v) is 10.2. The van der Waals surface area contributed by atoms with E-state index in [9.17, 15) is 19.6 Å². The summed E-state index contributed by atoms with van der Waals surface area (Å²) in [6, 6.07) is 8.43. The van der Waals surface area contributed by atoms with Crippen LogP contribution in [0.2, 0.25) is 0 Å². The Kier molecular flexibility index (Phi) is 8.22. The number of pyridine rings is 1. The van der Waals surface area contributed by atoms with Gasteiger partial charge in [-0.1, -0.05) is 13.0 Å². The summed E-state index contributed by atoms with van der Waals surface area (Å²) in [4.78, 5) is 55.4. The molecule has 2 amide bonds. The summed E-state index contributed by atoms with van der Waals surface area (Å²) in [6.07, 6.45) is 4.87. The quantitative estimate of drug-likeness (QED) is 0.171. The van der Waals surface area contributed by atoms with E-state index in [1.807, 2.05) is 27.1 Å². The van der Waals surface area contributed by atoms with Crippen molar-refractivity contribution in [3.63, 3.8) is 0 Å². The molecule has 0 bridgehead atoms. The summed E-state index contributed by atoms with van der Waals surface area (Å²) in [5, 5.41) is 21.0. The first kappa shape index (κ1) is 32.4. The number of anilines is 1. The highest BCUT2D eigenvalue weighted by Crippen LogP contribution is 2.89. The van der Waals surface area contributed by atoms with Crippen LogP contribution in [0, 0.1) is 41.9 Å². The number of halogens is 1. The molecular formula is C34H36BrN9O3. The molecule has 3 heterocycles. The first-order chi connectivity index (χ1) is 22.3. The molecule has 1 aromatic carbocycles. The lowest BCUT2D eigenvalue weighted by atomic mass is 9.81. The van der Waals surface area contributed by atoms with E-state index in [0.29, 0.717) is 50.6 Å². The third kappa shape index (κ3) is 5.92. The summed E-state index contributed by atoms with van der Waals surface area (Å²) < 4.78 is 1.95. The Labute approximate surface area is 281 Å². The highest BCUT2D eigenvalue weighted by molar-refractivity contribution is 9.10. The van der Waals surface area contributed by atoms with Crippen LogP contribution in [0.4, 0.5) is 5.82 Å². The number of hydrogen-bond acceptors (Lipinski definition) is 9. The van der Waals surface area contributed by atoms with Gasteiger partial charge >= 0.3 is 0 Å². The Morgan fingerprint density at radius 3 is 2.47 bits per heavy atom. The van der Waals surface area contributed by atoms with Crippen LogP contribution in [0.1, 0.15) is 54.1 Å². The van der Waals surface area contributed by atoms with Crippen LogP contribution in [0.3, 0.4) is 0 Å². The number of nitrogens with one attached hydrogen (secondary N) is 2. The van der Waals surface area contributed by atoms with E-state index in [2.05, 4.69) is 64.5 Å². The second-order valence-electron chi connectivity index (χ2n) is 13.3. The van der Waals surface area contributed by atoms with Crippen LogP contribution in [-0.4, -0.2) is 73.9 Å². The number of ketones is 1. The van der Waals surface area contributed by atoms with Gasteiger partial charge in [0.15, 0.2) is 5.78 Å². The molecule has 47 heavy (non-hydrogen) atoms. The topological polar surface area (TPSA) is 159 Å². The lowest BCUT2D eigenvalue weighted by molar-refractivity contribution is -0.127. The molecule has 0 saturated heterocycles. The maximum Gasteiger partial charge on any atom is 0.248 e. The largest absolute Gasteiger partial charge is 0.343 e. The van der Waals surface area contributed by atoms with Gasteiger partial charge in [-0.05, 0) is 103 Å². The predicted molar refractivity (Wildman–Crippen MR) is 179 cm³/mol. The van der Waals surface area contributed by atoms with E-state index in [-0.39, 0.29) is 40.3 Å². The van der Waals surface area contributed by atoms with Gasteiger partial charge in [0, 0.05) is 36.8 Å². The molecule has 13 heteroatoms. The second-order valence-corrected chi connectivity index (χ2v) is 14.1. The molecule has 3 aromatic heterocycles. The minimum absolute atomic E-state index is 0.101. The molecule has 12 nitrogen and oxygen atoms in total. The molecule has 0 radical (unpaired) electrons. The SMILES string of the molecule is CC(=O)c1nn(CC(=O)N[C@@H](C[C@@]2(CN(C)C)[C@H]3C[C@]32C)C(=O)Nc2nc(Br)ccc2C)c2c(C#N)cc(-c3cnc(C)nc3)cc12. The van der Waals surface area contributed by atoms with Crippen LogP contribution in [0.5, 0.6) is 0 Å². The van der Waals surface area contributed by atoms with Gasteiger partial charge in [-0.15, -0.1) is 0 Å². The van der Waals surface area contributed by atoms with Gasteiger partial charge in [-0.25, -0.2) is 15.0 Å². The monoisotopic (exact) mass is 697 g/mol. The van der Waals surface area contributed by atoms with Gasteiger partial charge in [-0.3, -0.25) is 19.1 Å². The van der Waals surface area contributed by atoms with Crippen molar-refractivity contribution in [2.45, 2.75) is 53.1 Å². The zero-order valence-electron chi connectivity index (χ0n) is 27.2. The van der Waals surface area contributed by atoms with E-state index in [4.69, 9.17) is 0 Å². The Hall–Kier alpha value is -4.54. The molecule has 0 unspecified atom stereocenters. The molecule has 2 aliphatic rings. The summed E-state index contributed by atoms with van der Waals surface area (Å²) in [6.45, 7) is 7.77. The number of hydrogen-bond donors (Lipinski definition) is 2. The van der Waals surface area contributed by atoms with Gasteiger partial charge in [0.1, 0.15) is 40.6 Å². The van der Waals surface area contributed by atoms with Crippen molar-refractivity contribution >= 4 is 50.2 Å². The lowest BCUT2D eigenvalue weighted by Gasteiger charge is -2.32. The Bertz CT molecular complexity index is 1980. The van der Waals surface area contributed by atoms with Crippen LogP contribution >= 0.6 is 15.9 Å². The molecule has 4 aromatic rings. The van der Waals surface area contributed by atoms with Crippen molar-refractivity contribution in [3.05, 3.63) is 63.9 Å². The van der Waals surface area contributed by atoms with Crippen molar-refractivity contribution < 1.29 is 14.4 Å². The fourth-order valence-electron chi connectivity index (χ4n) is 7.15. The van der Waals surface area contributed by atoms with Crippen molar-refractivity contribution in [1.29, 1.82) is 5.26 Å². The number of carbonyl (C=O) groups excluding carboxylic acids is 3. The number of carbonyl (C=O) groups is 3. The number of aromatic nitrogens is 5. The molecule has 2 fully saturated rings. The maximum atomic E-state index is 13.9. The van der Waals surface area contributed by atoms with Gasteiger partial charge in [0.25, 0.3) is 0 Å². The highest BCUT2D eigenvalue weighted by Gasteiger charge is 2.85. The summed E-state index contributed by atoms with van der Waals surface area (Å²) >= 11 is 3.37. The van der Waals surface area contributed by atoms with E-state index >= 15 is 0 Å². The second kappa shape index (κ2) is 11.9. The van der Waals surface area contributed by atoms with Gasteiger partial charge in [-0.2, -0.15) is 10.4 Å². The van der Waals surface area contributed by atoms with Crippen molar-refractivity contribution in [2.75, 3.05) is 26.0 Å². The fourth-order valence-corrected chi connectivity index (χ4v) is 7.46. The summed E-state index contributed by atoms with van der Waals surface area (Å²) in [5.41, 5.74) is 2.90. The van der Waals surface area contributed by atoms with E-state index in [1.165, 1.54) is 11.6 Å². The predicted octanol–water partition coefficient (Wildman–Crippen LogP) is 4.44. The van der Waals surface area contributed by atoms with Crippen LogP contribution < -0.4 is 10.6 Å². The molecule has 2 saturated carbocycles. The standard InChI is InChI=1S/C34H36BrN9O3/c1-18-7-8-27(35)40-31(18)41-32(47)25(11-34(17-43(5)6)26-12-33(26,34)4)39-28(46)16-44-30-22(13-36)9-21(23-14-37-20(3)38-15-23)10-24(30)29(42-44)19(2)45/h7-10,14-15,25-26H,11-12,16-17H2,1-6H3,(H,39,46)(H,40,41,47)/t25-,26-,33+,34+/m0/s1. The Balaban J connectivity index is 1.32. The zero-order valence-corrected chi connectivity index (χ0v) is 28.8. The number of aryl methyl sites for hydroxylation is 2. The van der Waals surface area contributed by atoms with Crippen molar-refractivity contribution in [1.82, 2.24) is 34.9 Å². The molecule has 0 spiro atoms. The van der Waals surface area contributed by atoms with Gasteiger partial charge in [0.2, 0.25) is 11.8 Å². The number of fused-ring (bicyclic) bond motifs is 2. The molecule has 242 valence electrons. The van der Waals surface area contributed by atoms with E-state index in [1.54, 1.807) is 37.5 Å². The lowest BCUT2D eigenvalue weighted by Crippen LogP contribution is -2.48. The first-order valence-electron chi connectivity index (χ1n) is 15.4. The molecule has 0 aliphatic heterocycles. The Morgan fingerprint density at radius 1 is 1.17 bits per heavy atom. The minimum atomic E-state index is -0.857. The number of benzene rings is 1. The van der Waals surface area contributed by atoms with Crippen molar-refractivity contribution in [3.8, 4) is 17.2 Å². The molecular weight excluding hydrogens is 662 g/mol. The minimum Gasteiger partial charge on any atom is -0.343 e. The molecule has 6 rings (SSSR count). The van der Waals surface area contributed by atoms with Crippen LogP contribution in [0.15, 0.2) is 41.3 Å². The number of rotatable bonds is 11. The van der Waals surface area contributed by atoms with Crippen LogP contribution in [-0.2, 0) is 16.1 Å².